The van der Waals surface area contributed by atoms with Gasteiger partial charge in [0, 0.05) is 17.6 Å². The van der Waals surface area contributed by atoms with E-state index in [1.54, 1.807) is 55.5 Å². The highest BCUT2D eigenvalue weighted by Gasteiger charge is 2.13. The first-order valence-corrected chi connectivity index (χ1v) is 13.0. The van der Waals surface area contributed by atoms with E-state index in [4.69, 9.17) is 18.9 Å². The standard InChI is InChI=1S/C33H32O8/c1-6-7-30(34)39-27-12-8-23(9-13-27)25-18-26(20-29(19-25)41-33(37)22(4)5)24-10-14-28(15-11-24)40-31(35)16-17-38-32(36)21(2)3/h8-15,18-20H,2,4,6-7,16-17H2,1,3,5H3. The van der Waals surface area contributed by atoms with E-state index in [0.29, 0.717) is 30.1 Å². The van der Waals surface area contributed by atoms with Crippen molar-refractivity contribution >= 4 is 23.9 Å². The number of hydrogen-bond acceptors (Lipinski definition) is 8. The first-order valence-electron chi connectivity index (χ1n) is 13.0. The van der Waals surface area contributed by atoms with Gasteiger partial charge in [0.15, 0.2) is 0 Å². The first kappa shape index (κ1) is 30.6. The Morgan fingerprint density at radius 1 is 0.585 bits per heavy atom. The van der Waals surface area contributed by atoms with Crippen molar-refractivity contribution in [2.24, 2.45) is 0 Å². The lowest BCUT2D eigenvalue weighted by molar-refractivity contribution is -0.142. The van der Waals surface area contributed by atoms with E-state index >= 15 is 0 Å². The summed E-state index contributed by atoms with van der Waals surface area (Å²) in [6.45, 7) is 12.0. The average Bonchev–Trinajstić information content (AvgIpc) is 2.93. The van der Waals surface area contributed by atoms with Crippen LogP contribution in [0, 0.1) is 0 Å². The van der Waals surface area contributed by atoms with Crippen LogP contribution >= 0.6 is 0 Å². The van der Waals surface area contributed by atoms with Crippen LogP contribution in [0.2, 0.25) is 0 Å². The van der Waals surface area contributed by atoms with Gasteiger partial charge in [-0.2, -0.15) is 0 Å². The van der Waals surface area contributed by atoms with Gasteiger partial charge in [0.05, 0.1) is 6.42 Å². The fraction of sp³-hybridized carbons (Fsp3) is 0.212. The maximum atomic E-state index is 12.3. The molecule has 0 aliphatic carbocycles. The van der Waals surface area contributed by atoms with Crippen molar-refractivity contribution in [1.82, 2.24) is 0 Å². The minimum absolute atomic E-state index is 0.100. The first-order chi connectivity index (χ1) is 19.5. The normalized spacial score (nSPS) is 10.3. The Labute approximate surface area is 239 Å². The summed E-state index contributed by atoms with van der Waals surface area (Å²) >= 11 is 0. The molecule has 0 aromatic heterocycles. The van der Waals surface area contributed by atoms with Crippen LogP contribution in [0.4, 0.5) is 0 Å². The molecule has 41 heavy (non-hydrogen) atoms. The van der Waals surface area contributed by atoms with E-state index < -0.39 is 17.9 Å². The lowest BCUT2D eigenvalue weighted by Crippen LogP contribution is -2.14. The summed E-state index contributed by atoms with van der Waals surface area (Å²) in [6, 6.07) is 19.2. The van der Waals surface area contributed by atoms with Gasteiger partial charge in [0.2, 0.25) is 0 Å². The Hall–Kier alpha value is -4.98. The van der Waals surface area contributed by atoms with Crippen LogP contribution in [-0.2, 0) is 23.9 Å². The minimum Gasteiger partial charge on any atom is -0.462 e. The van der Waals surface area contributed by atoms with Crippen molar-refractivity contribution < 1.29 is 38.1 Å². The number of hydrogen-bond donors (Lipinski definition) is 0. The van der Waals surface area contributed by atoms with Crippen LogP contribution in [0.1, 0.15) is 40.0 Å². The van der Waals surface area contributed by atoms with E-state index in [2.05, 4.69) is 13.2 Å². The summed E-state index contributed by atoms with van der Waals surface area (Å²) in [5, 5.41) is 0. The van der Waals surface area contributed by atoms with E-state index in [1.807, 2.05) is 25.1 Å². The number of rotatable bonds is 12. The molecule has 0 aliphatic heterocycles. The largest absolute Gasteiger partial charge is 0.462 e. The quantitative estimate of drug-likeness (QED) is 0.139. The SMILES string of the molecule is C=C(C)C(=O)OCCC(=O)Oc1ccc(-c2cc(OC(=O)C(=C)C)cc(-c3ccc(OC(=O)CCC)cc3)c2)cc1. The molecule has 0 aliphatic rings. The molecule has 3 rings (SSSR count). The molecule has 212 valence electrons. The highest BCUT2D eigenvalue weighted by molar-refractivity contribution is 5.89. The fourth-order valence-corrected chi connectivity index (χ4v) is 3.54. The van der Waals surface area contributed by atoms with Gasteiger partial charge in [0.1, 0.15) is 23.9 Å². The number of esters is 4. The maximum Gasteiger partial charge on any atom is 0.338 e. The van der Waals surface area contributed by atoms with Crippen LogP contribution in [0.25, 0.3) is 22.3 Å². The van der Waals surface area contributed by atoms with Gasteiger partial charge in [-0.25, -0.2) is 9.59 Å². The van der Waals surface area contributed by atoms with E-state index in [0.717, 1.165) is 22.3 Å². The zero-order valence-corrected chi connectivity index (χ0v) is 23.4. The van der Waals surface area contributed by atoms with Gasteiger partial charge in [-0.1, -0.05) is 44.3 Å². The summed E-state index contributed by atoms with van der Waals surface area (Å²) in [6.07, 6.45) is 0.937. The molecule has 0 N–H and O–H groups in total. The molecule has 8 nitrogen and oxygen atoms in total. The topological polar surface area (TPSA) is 105 Å². The van der Waals surface area contributed by atoms with Gasteiger partial charge >= 0.3 is 23.9 Å². The smallest absolute Gasteiger partial charge is 0.338 e. The van der Waals surface area contributed by atoms with Crippen molar-refractivity contribution in [1.29, 1.82) is 0 Å². The predicted octanol–water partition coefficient (Wildman–Crippen LogP) is 6.62. The zero-order chi connectivity index (χ0) is 29.9. The molecule has 0 unspecified atom stereocenters. The summed E-state index contributed by atoms with van der Waals surface area (Å²) in [7, 11) is 0. The van der Waals surface area contributed by atoms with Gasteiger partial charge in [0.25, 0.3) is 0 Å². The van der Waals surface area contributed by atoms with E-state index in [1.165, 1.54) is 6.92 Å². The van der Waals surface area contributed by atoms with E-state index in [9.17, 15) is 19.2 Å². The van der Waals surface area contributed by atoms with Crippen molar-refractivity contribution in [3.05, 3.63) is 91.0 Å². The minimum atomic E-state index is -0.566. The second-order valence-electron chi connectivity index (χ2n) is 9.33. The van der Waals surface area contributed by atoms with Crippen LogP contribution in [-0.4, -0.2) is 30.5 Å². The third-order valence-corrected chi connectivity index (χ3v) is 5.65. The molecule has 3 aromatic carbocycles. The molecular weight excluding hydrogens is 524 g/mol. The van der Waals surface area contributed by atoms with Gasteiger partial charge in [-0.15, -0.1) is 0 Å². The lowest BCUT2D eigenvalue weighted by Gasteiger charge is -2.12. The molecule has 0 amide bonds. The molecule has 0 saturated heterocycles. The Kier molecular flexibility index (Phi) is 10.7. The monoisotopic (exact) mass is 556 g/mol. The number of carbonyl (C=O) groups excluding carboxylic acids is 4. The zero-order valence-electron chi connectivity index (χ0n) is 23.4. The van der Waals surface area contributed by atoms with Gasteiger partial charge < -0.3 is 18.9 Å². The number of ether oxygens (including phenoxy) is 4. The highest BCUT2D eigenvalue weighted by atomic mass is 16.6. The van der Waals surface area contributed by atoms with Gasteiger partial charge in [-0.3, -0.25) is 9.59 Å². The second kappa shape index (κ2) is 14.4. The molecule has 0 bridgehead atoms. The Balaban J connectivity index is 1.81. The number of benzene rings is 3. The Morgan fingerprint density at radius 2 is 1.05 bits per heavy atom. The molecule has 0 saturated carbocycles. The van der Waals surface area contributed by atoms with Crippen LogP contribution in [0.5, 0.6) is 17.2 Å². The van der Waals surface area contributed by atoms with Gasteiger partial charge in [-0.05, 0) is 85.0 Å². The summed E-state index contributed by atoms with van der Waals surface area (Å²) in [5.41, 5.74) is 3.61. The molecular formula is C33H32O8. The Bertz CT molecular complexity index is 1450. The summed E-state index contributed by atoms with van der Waals surface area (Å²) in [5.74, 6) is -0.876. The summed E-state index contributed by atoms with van der Waals surface area (Å²) < 4.78 is 21.1. The van der Waals surface area contributed by atoms with Crippen LogP contribution < -0.4 is 14.2 Å². The lowest BCUT2D eigenvalue weighted by atomic mass is 9.98. The summed E-state index contributed by atoms with van der Waals surface area (Å²) in [4.78, 5) is 47.6. The van der Waals surface area contributed by atoms with E-state index in [-0.39, 0.29) is 30.1 Å². The molecule has 0 heterocycles. The second-order valence-corrected chi connectivity index (χ2v) is 9.33. The van der Waals surface area contributed by atoms with Crippen molar-refractivity contribution in [2.45, 2.75) is 40.0 Å². The van der Waals surface area contributed by atoms with Crippen LogP contribution in [0.15, 0.2) is 91.0 Å². The van der Waals surface area contributed by atoms with Crippen molar-refractivity contribution in [3.63, 3.8) is 0 Å². The molecule has 0 radical (unpaired) electrons. The van der Waals surface area contributed by atoms with Crippen LogP contribution in [0.3, 0.4) is 0 Å². The van der Waals surface area contributed by atoms with Crippen molar-refractivity contribution in [2.75, 3.05) is 6.61 Å². The molecule has 0 fully saturated rings. The maximum absolute atomic E-state index is 12.3. The average molecular weight is 557 g/mol. The highest BCUT2D eigenvalue weighted by Crippen LogP contribution is 2.33. The number of carbonyl (C=O) groups is 4. The predicted molar refractivity (Wildman–Crippen MR) is 154 cm³/mol. The third-order valence-electron chi connectivity index (χ3n) is 5.65. The molecule has 0 atom stereocenters. The third kappa shape index (κ3) is 9.32. The molecule has 8 heteroatoms. The molecule has 0 spiro atoms. The van der Waals surface area contributed by atoms with Crippen molar-refractivity contribution in [3.8, 4) is 39.5 Å². The molecule has 3 aromatic rings. The Morgan fingerprint density at radius 3 is 1.49 bits per heavy atom. The fourth-order valence-electron chi connectivity index (χ4n) is 3.54.